The zero-order valence-corrected chi connectivity index (χ0v) is 11.0. The van der Waals surface area contributed by atoms with Gasteiger partial charge in [0, 0.05) is 12.5 Å². The van der Waals surface area contributed by atoms with Crippen molar-refractivity contribution in [2.24, 2.45) is 0 Å². The van der Waals surface area contributed by atoms with Crippen LogP contribution in [0.1, 0.15) is 51.9 Å². The van der Waals surface area contributed by atoms with Crippen LogP contribution < -0.4 is 0 Å². The third kappa shape index (κ3) is 6.42. The maximum Gasteiger partial charge on any atom is 0.331 e. The first-order valence-electron chi connectivity index (χ1n) is 6.77. The van der Waals surface area contributed by atoms with Crippen LogP contribution in [0.3, 0.4) is 0 Å². The third-order valence-electron chi connectivity index (χ3n) is 2.89. The van der Waals surface area contributed by atoms with Gasteiger partial charge in [-0.15, -0.1) is 0 Å². The van der Waals surface area contributed by atoms with Crippen molar-refractivity contribution >= 4 is 11.9 Å². The summed E-state index contributed by atoms with van der Waals surface area (Å²) in [5.74, 6) is -0.324. The molecule has 1 aliphatic heterocycles. The van der Waals surface area contributed by atoms with Crippen LogP contribution in [0.15, 0.2) is 12.2 Å². The number of hydrogen-bond donors (Lipinski definition) is 0. The maximum atomic E-state index is 11.1. The average Bonchev–Trinajstić information content (AvgIpc) is 2.74. The van der Waals surface area contributed by atoms with Crippen molar-refractivity contribution in [1.82, 2.24) is 0 Å². The highest BCUT2D eigenvalue weighted by atomic mass is 16.5. The van der Waals surface area contributed by atoms with Crippen molar-refractivity contribution < 1.29 is 19.1 Å². The summed E-state index contributed by atoms with van der Waals surface area (Å²) in [6.45, 7) is 2.29. The topological polar surface area (TPSA) is 52.6 Å². The van der Waals surface area contributed by atoms with Crippen LogP contribution in [-0.2, 0) is 19.1 Å². The zero-order chi connectivity index (χ0) is 13.2. The highest BCUT2D eigenvalue weighted by molar-refractivity contribution is 5.84. The molecule has 1 rings (SSSR count). The lowest BCUT2D eigenvalue weighted by molar-refractivity contribution is -0.143. The molecule has 0 aliphatic carbocycles. The molecule has 0 fully saturated rings. The minimum absolute atomic E-state index is 0.0166. The zero-order valence-electron chi connectivity index (χ0n) is 11.0. The Labute approximate surface area is 108 Å². The molecule has 102 valence electrons. The Morgan fingerprint density at radius 2 is 2.00 bits per heavy atom. The second-order valence-corrected chi connectivity index (χ2v) is 4.45. The molecule has 0 amide bonds. The molecule has 0 N–H and O–H groups in total. The molecule has 0 saturated heterocycles. The van der Waals surface area contributed by atoms with E-state index in [1.807, 2.05) is 13.0 Å². The first-order chi connectivity index (χ1) is 8.72. The molecule has 0 aromatic rings. The van der Waals surface area contributed by atoms with Crippen LogP contribution in [0.4, 0.5) is 0 Å². The molecule has 1 aliphatic rings. The molecule has 0 aromatic carbocycles. The van der Waals surface area contributed by atoms with Crippen molar-refractivity contribution in [1.29, 1.82) is 0 Å². The molecule has 4 heteroatoms. The molecule has 1 atom stereocenters. The van der Waals surface area contributed by atoms with Gasteiger partial charge in [-0.3, -0.25) is 4.79 Å². The Morgan fingerprint density at radius 1 is 1.28 bits per heavy atom. The summed E-state index contributed by atoms with van der Waals surface area (Å²) in [6.07, 6.45) is 9.97. The molecule has 0 bridgehead atoms. The van der Waals surface area contributed by atoms with Crippen LogP contribution >= 0.6 is 0 Å². The minimum atomic E-state index is -0.227. The Bertz CT molecular complexity index is 296. The second-order valence-electron chi connectivity index (χ2n) is 4.45. The van der Waals surface area contributed by atoms with E-state index >= 15 is 0 Å². The molecule has 0 unspecified atom stereocenters. The lowest BCUT2D eigenvalue weighted by atomic mass is 10.1. The summed E-state index contributed by atoms with van der Waals surface area (Å²) in [5, 5.41) is 0. The molecule has 1 heterocycles. The van der Waals surface area contributed by atoms with Gasteiger partial charge in [-0.05, 0) is 32.3 Å². The van der Waals surface area contributed by atoms with E-state index in [4.69, 9.17) is 9.47 Å². The first kappa shape index (κ1) is 14.7. The highest BCUT2D eigenvalue weighted by Crippen LogP contribution is 2.14. The Hall–Kier alpha value is -1.32. The van der Waals surface area contributed by atoms with Crippen LogP contribution in [0.2, 0.25) is 0 Å². The highest BCUT2D eigenvalue weighted by Gasteiger charge is 2.15. The van der Waals surface area contributed by atoms with E-state index in [0.29, 0.717) is 13.0 Å². The van der Waals surface area contributed by atoms with E-state index < -0.39 is 0 Å². The molecular weight excluding hydrogens is 232 g/mol. The van der Waals surface area contributed by atoms with Crippen molar-refractivity contribution in [3.63, 3.8) is 0 Å². The van der Waals surface area contributed by atoms with Crippen molar-refractivity contribution in [3.8, 4) is 0 Å². The van der Waals surface area contributed by atoms with Crippen LogP contribution in [0.5, 0.6) is 0 Å². The van der Waals surface area contributed by atoms with Gasteiger partial charge in [0.25, 0.3) is 0 Å². The van der Waals surface area contributed by atoms with Gasteiger partial charge in [-0.2, -0.15) is 0 Å². The van der Waals surface area contributed by atoms with Gasteiger partial charge in [0.15, 0.2) is 0 Å². The fourth-order valence-electron chi connectivity index (χ4n) is 1.95. The Kier molecular flexibility index (Phi) is 7.14. The quantitative estimate of drug-likeness (QED) is 0.469. The molecular formula is C14H22O4. The smallest absolute Gasteiger partial charge is 0.331 e. The molecule has 0 radical (unpaired) electrons. The lowest BCUT2D eigenvalue weighted by Crippen LogP contribution is -2.07. The molecule has 4 nitrogen and oxygen atoms in total. The van der Waals surface area contributed by atoms with Gasteiger partial charge in [0.05, 0.1) is 6.61 Å². The monoisotopic (exact) mass is 254 g/mol. The summed E-state index contributed by atoms with van der Waals surface area (Å²) in [7, 11) is 0. The number of ether oxygens (including phenoxy) is 2. The second kappa shape index (κ2) is 8.72. The van der Waals surface area contributed by atoms with Crippen LogP contribution in [0.25, 0.3) is 0 Å². The van der Waals surface area contributed by atoms with E-state index in [9.17, 15) is 9.59 Å². The van der Waals surface area contributed by atoms with Crippen molar-refractivity contribution in [2.45, 2.75) is 58.0 Å². The van der Waals surface area contributed by atoms with Gasteiger partial charge in [-0.25, -0.2) is 4.79 Å². The summed E-state index contributed by atoms with van der Waals surface area (Å²) in [6, 6.07) is 0. The van der Waals surface area contributed by atoms with E-state index in [-0.39, 0.29) is 18.0 Å². The SMILES string of the molecule is CCOC(=O)CCCCCCC[C@H]1C=CC(=O)O1. The van der Waals surface area contributed by atoms with Crippen molar-refractivity contribution in [3.05, 3.63) is 12.2 Å². The number of carbonyl (C=O) groups is 2. The summed E-state index contributed by atoms with van der Waals surface area (Å²) >= 11 is 0. The van der Waals surface area contributed by atoms with Crippen LogP contribution in [-0.4, -0.2) is 24.6 Å². The van der Waals surface area contributed by atoms with Gasteiger partial charge in [0.2, 0.25) is 0 Å². The largest absolute Gasteiger partial charge is 0.466 e. The third-order valence-corrected chi connectivity index (χ3v) is 2.89. The van der Waals surface area contributed by atoms with E-state index in [1.54, 1.807) is 0 Å². The number of rotatable bonds is 9. The fourth-order valence-corrected chi connectivity index (χ4v) is 1.95. The standard InChI is InChI=1S/C14H22O4/c1-2-17-13(15)9-7-5-3-4-6-8-12-10-11-14(16)18-12/h10-12H,2-9H2,1H3/t12-/m0/s1. The maximum absolute atomic E-state index is 11.1. The minimum Gasteiger partial charge on any atom is -0.466 e. The Balaban J connectivity index is 1.86. The van der Waals surface area contributed by atoms with Gasteiger partial charge in [0.1, 0.15) is 6.10 Å². The summed E-state index contributed by atoms with van der Waals surface area (Å²) < 4.78 is 9.89. The number of hydrogen-bond acceptors (Lipinski definition) is 4. The molecule has 0 spiro atoms. The molecule has 18 heavy (non-hydrogen) atoms. The van der Waals surface area contributed by atoms with Gasteiger partial charge >= 0.3 is 11.9 Å². The number of unbranched alkanes of at least 4 members (excludes halogenated alkanes) is 4. The first-order valence-corrected chi connectivity index (χ1v) is 6.77. The van der Waals surface area contributed by atoms with Gasteiger partial charge < -0.3 is 9.47 Å². The number of carbonyl (C=O) groups excluding carboxylic acids is 2. The summed E-state index contributed by atoms with van der Waals surface area (Å²) in [5.41, 5.74) is 0. The average molecular weight is 254 g/mol. The van der Waals surface area contributed by atoms with E-state index in [1.165, 1.54) is 6.08 Å². The predicted octanol–water partition coefficient (Wildman–Crippen LogP) is 2.76. The van der Waals surface area contributed by atoms with Gasteiger partial charge in [-0.1, -0.05) is 19.3 Å². The van der Waals surface area contributed by atoms with Crippen molar-refractivity contribution in [2.75, 3.05) is 6.61 Å². The van der Waals surface area contributed by atoms with E-state index in [0.717, 1.165) is 38.5 Å². The molecule has 0 aromatic heterocycles. The lowest BCUT2D eigenvalue weighted by Gasteiger charge is -2.07. The number of esters is 2. The summed E-state index contributed by atoms with van der Waals surface area (Å²) in [4.78, 5) is 21.9. The number of cyclic esters (lactones) is 1. The van der Waals surface area contributed by atoms with Crippen LogP contribution in [0, 0.1) is 0 Å². The fraction of sp³-hybridized carbons (Fsp3) is 0.714. The Morgan fingerprint density at radius 3 is 2.67 bits per heavy atom. The molecule has 0 saturated carbocycles. The van der Waals surface area contributed by atoms with E-state index in [2.05, 4.69) is 0 Å². The normalized spacial score (nSPS) is 17.8. The predicted molar refractivity (Wildman–Crippen MR) is 68.0 cm³/mol.